The first-order valence-electron chi connectivity index (χ1n) is 4.41. The molecule has 0 aliphatic heterocycles. The van der Waals surface area contributed by atoms with E-state index in [0.717, 1.165) is 0 Å². The van der Waals surface area contributed by atoms with Crippen LogP contribution in [0.4, 0.5) is 0 Å². The minimum Gasteiger partial charge on any atom is -0.726 e. The molecule has 0 aromatic rings. The first-order chi connectivity index (χ1) is 6.83. The number of hydrogen-bond donors (Lipinski definition) is 4. The molecular weight excluding hydrogens is 242 g/mol. The summed E-state index contributed by atoms with van der Waals surface area (Å²) in [5.41, 5.74) is 0. The minimum atomic E-state index is -4.92. The van der Waals surface area contributed by atoms with Gasteiger partial charge in [-0.1, -0.05) is 0 Å². The fourth-order valence-corrected chi connectivity index (χ4v) is 0.937. The van der Waals surface area contributed by atoms with Crippen LogP contribution in [0.2, 0.25) is 0 Å². The van der Waals surface area contributed by atoms with Crippen molar-refractivity contribution in [2.75, 3.05) is 7.05 Å². The second kappa shape index (κ2) is 6.45. The molecule has 0 aliphatic carbocycles. The summed E-state index contributed by atoms with van der Waals surface area (Å²) in [5.74, 6) is 0. The number of rotatable bonds is 3. The number of hydrogen-bond acceptors (Lipinski definition) is 6. The van der Waals surface area contributed by atoms with Crippen molar-refractivity contribution in [2.24, 2.45) is 0 Å². The van der Waals surface area contributed by atoms with Crippen molar-refractivity contribution in [2.45, 2.75) is 39.5 Å². The summed E-state index contributed by atoms with van der Waals surface area (Å²) in [6.07, 6.45) is -2.35. The third-order valence-electron chi connectivity index (χ3n) is 2.42. The van der Waals surface area contributed by atoms with Gasteiger partial charge in [-0.15, -0.1) is 0 Å². The third-order valence-corrected chi connectivity index (χ3v) is 2.42. The van der Waals surface area contributed by atoms with Crippen LogP contribution in [0, 0.1) is 0 Å². The normalized spacial score (nSPS) is 21.1. The maximum absolute atomic E-state index is 9.26. The molecule has 0 amide bonds. The molecule has 0 bridgehead atoms. The van der Waals surface area contributed by atoms with E-state index in [0.29, 0.717) is 0 Å². The first kappa shape index (κ1) is 18.1. The summed E-state index contributed by atoms with van der Waals surface area (Å²) in [7, 11) is -3.32. The van der Waals surface area contributed by atoms with Crippen molar-refractivity contribution >= 4 is 10.4 Å². The SMILES string of the molecule is CC(O)[N+](C)(C(C)O)C(C)O.O=S(=O)([O-])O. The van der Waals surface area contributed by atoms with E-state index in [1.54, 1.807) is 27.8 Å². The Balaban J connectivity index is 0. The van der Waals surface area contributed by atoms with Crippen LogP contribution in [0.25, 0.3) is 0 Å². The lowest BCUT2D eigenvalue weighted by molar-refractivity contribution is -1.03. The van der Waals surface area contributed by atoms with Gasteiger partial charge in [-0.05, 0) is 0 Å². The lowest BCUT2D eigenvalue weighted by atomic mass is 10.3. The molecule has 0 aromatic heterocycles. The van der Waals surface area contributed by atoms with E-state index in [2.05, 4.69) is 0 Å². The molecule has 0 aromatic carbocycles. The maximum atomic E-state index is 9.26. The van der Waals surface area contributed by atoms with Crippen molar-refractivity contribution in [1.29, 1.82) is 0 Å². The summed E-state index contributed by atoms with van der Waals surface area (Å²) in [6, 6.07) is 0. The Bertz CT molecular complexity index is 255. The highest BCUT2D eigenvalue weighted by molar-refractivity contribution is 7.79. The quantitative estimate of drug-likeness (QED) is 0.209. The largest absolute Gasteiger partial charge is 0.726 e. The predicted octanol–water partition coefficient (Wildman–Crippen LogP) is -1.55. The van der Waals surface area contributed by atoms with Gasteiger partial charge in [0.15, 0.2) is 18.7 Å². The molecule has 0 radical (unpaired) electrons. The van der Waals surface area contributed by atoms with Crippen molar-refractivity contribution in [3.63, 3.8) is 0 Å². The molecule has 0 rings (SSSR count). The lowest BCUT2D eigenvalue weighted by Gasteiger charge is -2.41. The van der Waals surface area contributed by atoms with Crippen molar-refractivity contribution < 1.29 is 37.3 Å². The molecule has 8 nitrogen and oxygen atoms in total. The molecule has 0 aliphatic rings. The van der Waals surface area contributed by atoms with Gasteiger partial charge in [0.1, 0.15) is 0 Å². The van der Waals surface area contributed by atoms with Crippen LogP contribution in [0.15, 0.2) is 0 Å². The average Bonchev–Trinajstić information content (AvgIpc) is 1.98. The summed E-state index contributed by atoms with van der Waals surface area (Å²) in [5, 5.41) is 27.8. The number of nitrogens with zero attached hydrogens (tertiary/aromatic N) is 1. The number of quaternary nitrogens is 1. The Hall–Kier alpha value is -0.290. The van der Waals surface area contributed by atoms with Crippen LogP contribution < -0.4 is 0 Å². The second-order valence-electron chi connectivity index (χ2n) is 3.55. The molecule has 0 spiro atoms. The smallest absolute Gasteiger partial charge is 0.215 e. The molecule has 0 fully saturated rings. The zero-order chi connectivity index (χ0) is 13.7. The second-order valence-corrected chi connectivity index (χ2v) is 4.40. The van der Waals surface area contributed by atoms with Gasteiger partial charge in [0.25, 0.3) is 0 Å². The van der Waals surface area contributed by atoms with E-state index in [1.165, 1.54) is 0 Å². The molecule has 3 unspecified atom stereocenters. The summed E-state index contributed by atoms with van der Waals surface area (Å²) >= 11 is 0. The summed E-state index contributed by atoms with van der Waals surface area (Å²) < 4.78 is 32.7. The molecule has 4 N–H and O–H groups in total. The van der Waals surface area contributed by atoms with Crippen molar-refractivity contribution in [3.8, 4) is 0 Å². The molecule has 0 heterocycles. The van der Waals surface area contributed by atoms with E-state index < -0.39 is 29.1 Å². The molecule has 16 heavy (non-hydrogen) atoms. The third kappa shape index (κ3) is 7.06. The lowest BCUT2D eigenvalue weighted by Crippen LogP contribution is -2.61. The Morgan fingerprint density at radius 1 is 1.00 bits per heavy atom. The van der Waals surface area contributed by atoms with Gasteiger partial charge < -0.3 is 19.9 Å². The van der Waals surface area contributed by atoms with Gasteiger partial charge >= 0.3 is 0 Å². The van der Waals surface area contributed by atoms with Crippen LogP contribution in [0.1, 0.15) is 20.8 Å². The van der Waals surface area contributed by atoms with Crippen LogP contribution in [0.3, 0.4) is 0 Å². The van der Waals surface area contributed by atoms with Gasteiger partial charge in [0.05, 0.1) is 7.05 Å². The Kier molecular flexibility index (Phi) is 7.29. The van der Waals surface area contributed by atoms with Crippen molar-refractivity contribution in [3.05, 3.63) is 0 Å². The van der Waals surface area contributed by atoms with Crippen LogP contribution >= 0.6 is 0 Å². The topological polar surface area (TPSA) is 138 Å². The molecule has 0 saturated heterocycles. The van der Waals surface area contributed by atoms with Crippen LogP contribution in [-0.2, 0) is 10.4 Å². The maximum Gasteiger partial charge on any atom is 0.215 e. The van der Waals surface area contributed by atoms with E-state index in [9.17, 15) is 15.3 Å². The number of aliphatic hydroxyl groups is 3. The van der Waals surface area contributed by atoms with Gasteiger partial charge in [-0.3, -0.25) is 9.04 Å². The van der Waals surface area contributed by atoms with Crippen molar-refractivity contribution in [1.82, 2.24) is 0 Å². The Labute approximate surface area is 94.9 Å². The van der Waals surface area contributed by atoms with E-state index in [1.807, 2.05) is 0 Å². The highest BCUT2D eigenvalue weighted by Gasteiger charge is 2.37. The molecule has 0 saturated carbocycles. The van der Waals surface area contributed by atoms with Crippen LogP contribution in [-0.4, -0.2) is 63.1 Å². The predicted molar refractivity (Wildman–Crippen MR) is 53.6 cm³/mol. The molecular formula is C7H19NO7S. The standard InChI is InChI=1S/C7H18NO3.H2O4S/c1-5(9)8(4,6(2)10)7(3)11;1-5(2,3)4/h5-7,9-11H,1-4H3;(H2,1,2,3,4)/q+1;/p-1. The Morgan fingerprint density at radius 2 is 1.12 bits per heavy atom. The highest BCUT2D eigenvalue weighted by Crippen LogP contribution is 2.16. The molecule has 9 heteroatoms. The van der Waals surface area contributed by atoms with E-state index >= 15 is 0 Å². The van der Waals surface area contributed by atoms with Gasteiger partial charge in [-0.25, -0.2) is 8.42 Å². The first-order valence-corrected chi connectivity index (χ1v) is 5.78. The van der Waals surface area contributed by atoms with Gasteiger partial charge in [0.2, 0.25) is 10.4 Å². The average molecular weight is 261 g/mol. The summed E-state index contributed by atoms with van der Waals surface area (Å²) in [6.45, 7) is 4.62. The zero-order valence-corrected chi connectivity index (χ0v) is 10.4. The molecule has 100 valence electrons. The van der Waals surface area contributed by atoms with Gasteiger partial charge in [0, 0.05) is 20.8 Å². The fourth-order valence-electron chi connectivity index (χ4n) is 0.937. The number of aliphatic hydroxyl groups excluding tert-OH is 3. The minimum absolute atomic E-state index is 0.167. The monoisotopic (exact) mass is 261 g/mol. The van der Waals surface area contributed by atoms with Crippen LogP contribution in [0.5, 0.6) is 0 Å². The molecule has 3 atom stereocenters. The van der Waals surface area contributed by atoms with Gasteiger partial charge in [-0.2, -0.15) is 0 Å². The van der Waals surface area contributed by atoms with E-state index in [4.69, 9.17) is 17.5 Å². The zero-order valence-electron chi connectivity index (χ0n) is 9.60. The summed E-state index contributed by atoms with van der Waals surface area (Å²) in [4.78, 5) is 0. The highest BCUT2D eigenvalue weighted by atomic mass is 32.3. The Morgan fingerprint density at radius 3 is 1.12 bits per heavy atom. The fraction of sp³-hybridized carbons (Fsp3) is 1.00. The van der Waals surface area contributed by atoms with E-state index in [-0.39, 0.29) is 4.48 Å².